The molecule has 0 aromatic heterocycles. The van der Waals surface area contributed by atoms with Crippen molar-refractivity contribution in [2.45, 2.75) is 19.3 Å². The third-order valence-corrected chi connectivity index (χ3v) is 2.66. The van der Waals surface area contributed by atoms with Gasteiger partial charge in [0.15, 0.2) is 0 Å². The summed E-state index contributed by atoms with van der Waals surface area (Å²) in [6.45, 7) is 0.617. The Morgan fingerprint density at radius 1 is 1.31 bits per heavy atom. The lowest BCUT2D eigenvalue weighted by Gasteiger charge is -2.06. The Labute approximate surface area is 94.4 Å². The Morgan fingerprint density at radius 2 is 2.06 bits per heavy atom. The van der Waals surface area contributed by atoms with Gasteiger partial charge in [0.05, 0.1) is 5.56 Å². The van der Waals surface area contributed by atoms with Crippen molar-refractivity contribution < 1.29 is 14.6 Å². The number of carbonyl (C=O) groups is 1. The van der Waals surface area contributed by atoms with E-state index in [-0.39, 0.29) is 5.56 Å². The van der Waals surface area contributed by atoms with E-state index in [4.69, 9.17) is 9.84 Å². The molecule has 1 N–H and O–H groups in total. The average Bonchev–Trinajstić information content (AvgIpc) is 2.80. The summed E-state index contributed by atoms with van der Waals surface area (Å²) in [6.07, 6.45) is 5.70. The quantitative estimate of drug-likeness (QED) is 0.790. The molecule has 0 bridgehead atoms. The third kappa shape index (κ3) is 2.63. The first-order valence-electron chi connectivity index (χ1n) is 5.40. The first-order valence-corrected chi connectivity index (χ1v) is 5.40. The predicted molar refractivity (Wildman–Crippen MR) is 60.8 cm³/mol. The number of rotatable bonds is 4. The van der Waals surface area contributed by atoms with E-state index >= 15 is 0 Å². The van der Waals surface area contributed by atoms with Gasteiger partial charge in [-0.25, -0.2) is 4.79 Å². The topological polar surface area (TPSA) is 46.5 Å². The molecule has 3 nitrogen and oxygen atoms in total. The van der Waals surface area contributed by atoms with Crippen LogP contribution in [0.5, 0.6) is 5.75 Å². The molecule has 16 heavy (non-hydrogen) atoms. The molecular formula is C13H14O3. The van der Waals surface area contributed by atoms with E-state index in [1.54, 1.807) is 24.3 Å². The second kappa shape index (κ2) is 4.84. The summed E-state index contributed by atoms with van der Waals surface area (Å²) in [7, 11) is 0. The fraction of sp³-hybridized carbons (Fsp3) is 0.308. The molecule has 0 amide bonds. The van der Waals surface area contributed by atoms with Crippen molar-refractivity contribution >= 4 is 5.97 Å². The van der Waals surface area contributed by atoms with Crippen LogP contribution in [0, 0.1) is 0 Å². The van der Waals surface area contributed by atoms with Crippen LogP contribution in [0.1, 0.15) is 29.6 Å². The van der Waals surface area contributed by atoms with Gasteiger partial charge in [-0.05, 0) is 49.1 Å². The highest BCUT2D eigenvalue weighted by Gasteiger charge is 2.06. The van der Waals surface area contributed by atoms with Gasteiger partial charge in [-0.2, -0.15) is 0 Å². The minimum Gasteiger partial charge on any atom is -0.489 e. The normalized spacial score (nSPS) is 14.6. The molecule has 0 heterocycles. The molecular weight excluding hydrogens is 204 g/mol. The molecule has 1 aliphatic rings. The lowest BCUT2D eigenvalue weighted by Crippen LogP contribution is -2.00. The van der Waals surface area contributed by atoms with Crippen LogP contribution in [-0.4, -0.2) is 17.7 Å². The zero-order valence-electron chi connectivity index (χ0n) is 8.98. The molecule has 0 aliphatic heterocycles. The Morgan fingerprint density at radius 3 is 2.62 bits per heavy atom. The van der Waals surface area contributed by atoms with E-state index < -0.39 is 5.97 Å². The number of hydrogen-bond donors (Lipinski definition) is 1. The number of allylic oxidation sites excluding steroid dienone is 1. The van der Waals surface area contributed by atoms with Crippen molar-refractivity contribution in [2.24, 2.45) is 0 Å². The molecule has 0 saturated heterocycles. The summed E-state index contributed by atoms with van der Waals surface area (Å²) in [4.78, 5) is 10.6. The molecule has 0 fully saturated rings. The number of carboxylic acid groups (broad SMARTS) is 1. The summed E-state index contributed by atoms with van der Waals surface area (Å²) in [5.74, 6) is -0.192. The van der Waals surface area contributed by atoms with Crippen molar-refractivity contribution in [3.05, 3.63) is 41.5 Å². The van der Waals surface area contributed by atoms with Crippen molar-refractivity contribution in [1.82, 2.24) is 0 Å². The van der Waals surface area contributed by atoms with Gasteiger partial charge in [-0.1, -0.05) is 6.08 Å². The molecule has 1 aliphatic carbocycles. The van der Waals surface area contributed by atoms with E-state index in [9.17, 15) is 4.79 Å². The maximum Gasteiger partial charge on any atom is 0.335 e. The van der Waals surface area contributed by atoms with Crippen LogP contribution >= 0.6 is 0 Å². The van der Waals surface area contributed by atoms with Crippen molar-refractivity contribution in [1.29, 1.82) is 0 Å². The van der Waals surface area contributed by atoms with E-state index in [0.717, 1.165) is 18.6 Å². The highest BCUT2D eigenvalue weighted by atomic mass is 16.5. The van der Waals surface area contributed by atoms with Crippen molar-refractivity contribution in [3.63, 3.8) is 0 Å². The minimum atomic E-state index is -0.912. The molecule has 0 spiro atoms. The highest BCUT2D eigenvalue weighted by Crippen LogP contribution is 2.19. The number of carboxylic acids is 1. The smallest absolute Gasteiger partial charge is 0.335 e. The number of ether oxygens (including phenoxy) is 1. The summed E-state index contributed by atoms with van der Waals surface area (Å²) >= 11 is 0. The highest BCUT2D eigenvalue weighted by molar-refractivity contribution is 5.87. The van der Waals surface area contributed by atoms with Gasteiger partial charge in [0.1, 0.15) is 12.4 Å². The molecule has 0 unspecified atom stereocenters. The maximum absolute atomic E-state index is 10.6. The zero-order chi connectivity index (χ0) is 11.4. The van der Waals surface area contributed by atoms with Crippen LogP contribution in [0.2, 0.25) is 0 Å². The fourth-order valence-corrected chi connectivity index (χ4v) is 1.74. The largest absolute Gasteiger partial charge is 0.489 e. The molecule has 3 heteroatoms. The fourth-order valence-electron chi connectivity index (χ4n) is 1.74. The molecule has 0 saturated carbocycles. The summed E-state index contributed by atoms with van der Waals surface area (Å²) in [6, 6.07) is 6.50. The number of aromatic carboxylic acids is 1. The van der Waals surface area contributed by atoms with Crippen molar-refractivity contribution in [2.75, 3.05) is 6.61 Å². The Kier molecular flexibility index (Phi) is 3.25. The predicted octanol–water partition coefficient (Wildman–Crippen LogP) is 2.87. The van der Waals surface area contributed by atoms with Gasteiger partial charge in [-0.15, -0.1) is 0 Å². The summed E-state index contributed by atoms with van der Waals surface area (Å²) in [5.41, 5.74) is 1.62. The Hall–Kier alpha value is -1.77. The minimum absolute atomic E-state index is 0.285. The summed E-state index contributed by atoms with van der Waals surface area (Å²) in [5, 5.41) is 8.73. The first-order chi connectivity index (χ1) is 7.75. The first kappa shape index (κ1) is 10.7. The van der Waals surface area contributed by atoms with Crippen LogP contribution in [0.15, 0.2) is 35.9 Å². The molecule has 0 radical (unpaired) electrons. The van der Waals surface area contributed by atoms with Gasteiger partial charge >= 0.3 is 5.97 Å². The molecule has 84 valence electrons. The van der Waals surface area contributed by atoms with Crippen molar-refractivity contribution in [3.8, 4) is 5.75 Å². The molecule has 1 aromatic carbocycles. The van der Waals surface area contributed by atoms with Crippen LogP contribution in [0.3, 0.4) is 0 Å². The van der Waals surface area contributed by atoms with Gasteiger partial charge in [-0.3, -0.25) is 0 Å². The average molecular weight is 218 g/mol. The molecule has 0 atom stereocenters. The lowest BCUT2D eigenvalue weighted by molar-refractivity contribution is 0.0697. The maximum atomic E-state index is 10.6. The van der Waals surface area contributed by atoms with E-state index in [2.05, 4.69) is 6.08 Å². The van der Waals surface area contributed by atoms with E-state index in [1.807, 2.05) is 0 Å². The van der Waals surface area contributed by atoms with E-state index in [1.165, 1.54) is 12.0 Å². The monoisotopic (exact) mass is 218 g/mol. The van der Waals surface area contributed by atoms with Crippen LogP contribution < -0.4 is 4.74 Å². The van der Waals surface area contributed by atoms with Gasteiger partial charge in [0, 0.05) is 0 Å². The standard InChI is InChI=1S/C13H14O3/c14-13(15)11-5-7-12(8-6-11)16-9-10-3-1-2-4-10/h3,5-8H,1-2,4,9H2,(H,14,15). The number of hydrogen-bond acceptors (Lipinski definition) is 2. The van der Waals surface area contributed by atoms with E-state index in [0.29, 0.717) is 6.61 Å². The number of benzene rings is 1. The third-order valence-electron chi connectivity index (χ3n) is 2.66. The zero-order valence-corrected chi connectivity index (χ0v) is 8.98. The Balaban J connectivity index is 1.92. The van der Waals surface area contributed by atoms with Gasteiger partial charge in [0.25, 0.3) is 0 Å². The van der Waals surface area contributed by atoms with Crippen LogP contribution in [-0.2, 0) is 0 Å². The second-order valence-corrected chi connectivity index (χ2v) is 3.87. The molecule has 1 aromatic rings. The lowest BCUT2D eigenvalue weighted by atomic mass is 10.2. The van der Waals surface area contributed by atoms with Crippen LogP contribution in [0.25, 0.3) is 0 Å². The second-order valence-electron chi connectivity index (χ2n) is 3.87. The van der Waals surface area contributed by atoms with Gasteiger partial charge < -0.3 is 9.84 Å². The summed E-state index contributed by atoms with van der Waals surface area (Å²) < 4.78 is 5.56. The Bertz CT molecular complexity index is 404. The molecule has 2 rings (SSSR count). The van der Waals surface area contributed by atoms with Gasteiger partial charge in [0.2, 0.25) is 0 Å². The SMILES string of the molecule is O=C(O)c1ccc(OCC2=CCCC2)cc1. The van der Waals surface area contributed by atoms with Crippen LogP contribution in [0.4, 0.5) is 0 Å².